The fourth-order valence-corrected chi connectivity index (χ4v) is 2.95. The zero-order valence-corrected chi connectivity index (χ0v) is 12.7. The van der Waals surface area contributed by atoms with Crippen LogP contribution in [0.15, 0.2) is 72.8 Å². The lowest BCUT2D eigenvalue weighted by atomic mass is 9.99. The van der Waals surface area contributed by atoms with Gasteiger partial charge in [0.25, 0.3) is 0 Å². The van der Waals surface area contributed by atoms with Crippen molar-refractivity contribution in [3.63, 3.8) is 0 Å². The van der Waals surface area contributed by atoms with Crippen molar-refractivity contribution < 1.29 is 4.39 Å². The van der Waals surface area contributed by atoms with Crippen LogP contribution in [-0.4, -0.2) is 9.55 Å². The van der Waals surface area contributed by atoms with E-state index < -0.39 is 0 Å². The molecule has 0 aliphatic rings. The second-order valence-electron chi connectivity index (χ2n) is 5.54. The molecule has 0 fully saturated rings. The SMILES string of the molecule is Cn1c(-c2ccccc2-c2ccc(F)cc2)nc2ccccc21. The first-order valence-corrected chi connectivity index (χ1v) is 7.51. The van der Waals surface area contributed by atoms with Crippen LogP contribution >= 0.6 is 0 Å². The van der Waals surface area contributed by atoms with Crippen LogP contribution in [0.5, 0.6) is 0 Å². The molecule has 0 aliphatic carbocycles. The Balaban J connectivity index is 1.95. The van der Waals surface area contributed by atoms with Crippen LogP contribution in [-0.2, 0) is 7.05 Å². The van der Waals surface area contributed by atoms with E-state index >= 15 is 0 Å². The molecule has 2 nitrogen and oxygen atoms in total. The first-order chi connectivity index (χ1) is 11.2. The lowest BCUT2D eigenvalue weighted by Gasteiger charge is -2.10. The third-order valence-corrected chi connectivity index (χ3v) is 4.11. The molecule has 3 heteroatoms. The maximum absolute atomic E-state index is 13.2. The van der Waals surface area contributed by atoms with Crippen molar-refractivity contribution >= 4 is 11.0 Å². The molecule has 0 atom stereocenters. The van der Waals surface area contributed by atoms with Gasteiger partial charge in [0.1, 0.15) is 11.6 Å². The molecule has 4 rings (SSSR count). The molecular weight excluding hydrogens is 287 g/mol. The minimum Gasteiger partial charge on any atom is -0.327 e. The molecule has 0 saturated heterocycles. The summed E-state index contributed by atoms with van der Waals surface area (Å²) in [4.78, 5) is 4.78. The van der Waals surface area contributed by atoms with Gasteiger partial charge < -0.3 is 4.57 Å². The Bertz CT molecular complexity index is 984. The largest absolute Gasteiger partial charge is 0.327 e. The Labute approximate surface area is 133 Å². The molecule has 0 spiro atoms. The normalized spacial score (nSPS) is 11.0. The summed E-state index contributed by atoms with van der Waals surface area (Å²) < 4.78 is 15.3. The molecule has 0 saturated carbocycles. The van der Waals surface area contributed by atoms with E-state index in [1.54, 1.807) is 12.1 Å². The molecule has 112 valence electrons. The van der Waals surface area contributed by atoms with E-state index in [-0.39, 0.29) is 5.82 Å². The average Bonchev–Trinajstić information content (AvgIpc) is 2.93. The molecule has 0 unspecified atom stereocenters. The number of aromatic nitrogens is 2. The standard InChI is InChI=1S/C20H15FN2/c1-23-19-9-5-4-8-18(19)22-20(23)17-7-3-2-6-16(17)14-10-12-15(21)13-11-14/h2-13H,1H3. The number of halogens is 1. The van der Waals surface area contributed by atoms with E-state index in [2.05, 4.69) is 16.7 Å². The van der Waals surface area contributed by atoms with Crippen molar-refractivity contribution in [3.8, 4) is 22.5 Å². The second kappa shape index (κ2) is 5.36. The van der Waals surface area contributed by atoms with Crippen LogP contribution in [0.25, 0.3) is 33.5 Å². The van der Waals surface area contributed by atoms with Gasteiger partial charge >= 0.3 is 0 Å². The van der Waals surface area contributed by atoms with Gasteiger partial charge in [0.2, 0.25) is 0 Å². The van der Waals surface area contributed by atoms with Crippen molar-refractivity contribution in [3.05, 3.63) is 78.6 Å². The Morgan fingerprint density at radius 3 is 2.17 bits per heavy atom. The van der Waals surface area contributed by atoms with Crippen LogP contribution in [0, 0.1) is 5.82 Å². The number of nitrogens with zero attached hydrogens (tertiary/aromatic N) is 2. The van der Waals surface area contributed by atoms with Crippen molar-refractivity contribution in [2.75, 3.05) is 0 Å². The summed E-state index contributed by atoms with van der Waals surface area (Å²) in [6, 6.07) is 22.8. The Hall–Kier alpha value is -2.94. The molecule has 0 N–H and O–H groups in total. The number of rotatable bonds is 2. The molecule has 0 amide bonds. The van der Waals surface area contributed by atoms with Crippen LogP contribution in [0.2, 0.25) is 0 Å². The number of hydrogen-bond acceptors (Lipinski definition) is 1. The highest BCUT2D eigenvalue weighted by molar-refractivity contribution is 5.86. The summed E-state index contributed by atoms with van der Waals surface area (Å²) in [7, 11) is 2.02. The summed E-state index contributed by atoms with van der Waals surface area (Å²) in [5.41, 5.74) is 5.13. The lowest BCUT2D eigenvalue weighted by molar-refractivity contribution is 0.628. The lowest BCUT2D eigenvalue weighted by Crippen LogP contribution is -1.94. The predicted octanol–water partition coefficient (Wildman–Crippen LogP) is 5.05. The van der Waals surface area contributed by atoms with E-state index in [0.29, 0.717) is 0 Å². The number of hydrogen-bond donors (Lipinski definition) is 0. The number of fused-ring (bicyclic) bond motifs is 1. The highest BCUT2D eigenvalue weighted by Gasteiger charge is 2.13. The maximum Gasteiger partial charge on any atom is 0.141 e. The fraction of sp³-hybridized carbons (Fsp3) is 0.0500. The van der Waals surface area contributed by atoms with E-state index in [1.807, 2.05) is 43.4 Å². The molecule has 1 aromatic heterocycles. The summed E-state index contributed by atoms with van der Waals surface area (Å²) in [5, 5.41) is 0. The first kappa shape index (κ1) is 13.7. The summed E-state index contributed by atoms with van der Waals surface area (Å²) in [6.07, 6.45) is 0. The van der Waals surface area contributed by atoms with Gasteiger partial charge in [-0.05, 0) is 35.4 Å². The predicted molar refractivity (Wildman–Crippen MR) is 91.5 cm³/mol. The third-order valence-electron chi connectivity index (χ3n) is 4.11. The van der Waals surface area contributed by atoms with Gasteiger partial charge in [-0.1, -0.05) is 48.5 Å². The van der Waals surface area contributed by atoms with Gasteiger partial charge in [0.15, 0.2) is 0 Å². The number of benzene rings is 3. The fourth-order valence-electron chi connectivity index (χ4n) is 2.95. The van der Waals surface area contributed by atoms with Gasteiger partial charge in [-0.2, -0.15) is 0 Å². The van der Waals surface area contributed by atoms with Gasteiger partial charge in [0.05, 0.1) is 11.0 Å². The van der Waals surface area contributed by atoms with Gasteiger partial charge in [0, 0.05) is 12.6 Å². The quantitative estimate of drug-likeness (QED) is 0.507. The molecule has 0 aliphatic heterocycles. The van der Waals surface area contributed by atoms with E-state index in [9.17, 15) is 4.39 Å². The summed E-state index contributed by atoms with van der Waals surface area (Å²) in [6.45, 7) is 0. The van der Waals surface area contributed by atoms with Crippen molar-refractivity contribution in [2.24, 2.45) is 7.05 Å². The Morgan fingerprint density at radius 1 is 0.783 bits per heavy atom. The molecule has 4 aromatic rings. The zero-order chi connectivity index (χ0) is 15.8. The molecule has 1 heterocycles. The minimum absolute atomic E-state index is 0.228. The van der Waals surface area contributed by atoms with Gasteiger partial charge in [-0.15, -0.1) is 0 Å². The smallest absolute Gasteiger partial charge is 0.141 e. The number of para-hydroxylation sites is 2. The van der Waals surface area contributed by atoms with Crippen LogP contribution < -0.4 is 0 Å². The Morgan fingerprint density at radius 2 is 1.43 bits per heavy atom. The second-order valence-corrected chi connectivity index (χ2v) is 5.54. The first-order valence-electron chi connectivity index (χ1n) is 7.51. The highest BCUT2D eigenvalue weighted by atomic mass is 19.1. The van der Waals surface area contributed by atoms with Gasteiger partial charge in [-0.3, -0.25) is 0 Å². The zero-order valence-electron chi connectivity index (χ0n) is 12.7. The summed E-state index contributed by atoms with van der Waals surface area (Å²) >= 11 is 0. The number of aryl methyl sites for hydroxylation is 1. The van der Waals surface area contributed by atoms with Crippen molar-refractivity contribution in [1.82, 2.24) is 9.55 Å². The molecule has 3 aromatic carbocycles. The van der Waals surface area contributed by atoms with Crippen LogP contribution in [0.3, 0.4) is 0 Å². The Kier molecular flexibility index (Phi) is 3.19. The van der Waals surface area contributed by atoms with Crippen molar-refractivity contribution in [2.45, 2.75) is 0 Å². The molecular formula is C20H15FN2. The van der Waals surface area contributed by atoms with Gasteiger partial charge in [-0.25, -0.2) is 9.37 Å². The van der Waals surface area contributed by atoms with E-state index in [4.69, 9.17) is 4.98 Å². The van der Waals surface area contributed by atoms with E-state index in [1.165, 1.54) is 12.1 Å². The third kappa shape index (κ3) is 2.30. The topological polar surface area (TPSA) is 17.8 Å². The van der Waals surface area contributed by atoms with Crippen LogP contribution in [0.4, 0.5) is 4.39 Å². The highest BCUT2D eigenvalue weighted by Crippen LogP contribution is 2.32. The average molecular weight is 302 g/mol. The summed E-state index contributed by atoms with van der Waals surface area (Å²) in [5.74, 6) is 0.681. The van der Waals surface area contributed by atoms with Crippen LogP contribution in [0.1, 0.15) is 0 Å². The maximum atomic E-state index is 13.2. The van der Waals surface area contributed by atoms with E-state index in [0.717, 1.165) is 33.5 Å². The molecule has 0 radical (unpaired) electrons. The van der Waals surface area contributed by atoms with Crippen molar-refractivity contribution in [1.29, 1.82) is 0 Å². The monoisotopic (exact) mass is 302 g/mol. The molecule has 23 heavy (non-hydrogen) atoms. The minimum atomic E-state index is -0.228. The number of imidazole rings is 1. The molecule has 0 bridgehead atoms.